The molecule has 6 N–H and O–H groups in total. The molecule has 0 bridgehead atoms. The van der Waals surface area contributed by atoms with Crippen LogP contribution in [0.5, 0.6) is 0 Å². The van der Waals surface area contributed by atoms with Crippen LogP contribution in [0.25, 0.3) is 0 Å². The second-order valence-electron chi connectivity index (χ2n) is 9.61. The molecule has 0 unspecified atom stereocenters. The van der Waals surface area contributed by atoms with Gasteiger partial charge in [0.15, 0.2) is 0 Å². The van der Waals surface area contributed by atoms with Crippen LogP contribution in [-0.4, -0.2) is 15.0 Å². The molecule has 0 amide bonds. The number of sulfonamides is 1. The normalized spacial score (nSPS) is 12.2. The van der Waals surface area contributed by atoms with Crippen LogP contribution in [0.1, 0.15) is 52.7 Å². The summed E-state index contributed by atoms with van der Waals surface area (Å²) in [7, 11) is -3.74. The Bertz CT molecular complexity index is 1370. The van der Waals surface area contributed by atoms with Gasteiger partial charge < -0.3 is 23.9 Å². The molecule has 0 saturated carbocycles. The second kappa shape index (κ2) is 17.4. The Morgan fingerprint density at radius 2 is 1.25 bits per heavy atom. The van der Waals surface area contributed by atoms with Crippen molar-refractivity contribution in [2.75, 3.05) is 6.54 Å². The number of rotatable bonds is 12. The summed E-state index contributed by atoms with van der Waals surface area (Å²) in [6, 6.07) is 34.8. The summed E-state index contributed by atoms with van der Waals surface area (Å²) in [6.45, 7) is 4.85. The van der Waals surface area contributed by atoms with Crippen molar-refractivity contribution in [2.24, 2.45) is 0 Å². The zero-order valence-corrected chi connectivity index (χ0v) is 26.6. The maximum absolute atomic E-state index is 13.5. The molecule has 4 aromatic carbocycles. The Morgan fingerprint density at radius 3 is 1.82 bits per heavy atom. The summed E-state index contributed by atoms with van der Waals surface area (Å²) in [5.41, 5.74) is 5.62. The van der Waals surface area contributed by atoms with E-state index < -0.39 is 16.1 Å². The summed E-state index contributed by atoms with van der Waals surface area (Å²) in [6.07, 6.45) is 3.08. The number of aryl methyl sites for hydroxylation is 3. The van der Waals surface area contributed by atoms with E-state index in [0.29, 0.717) is 0 Å². The molecule has 4 aromatic rings. The van der Waals surface area contributed by atoms with Gasteiger partial charge in [-0.3, -0.25) is 0 Å². The molecule has 5 nitrogen and oxygen atoms in total. The van der Waals surface area contributed by atoms with E-state index in [9.17, 15) is 8.42 Å². The molecule has 0 spiro atoms. The molecular weight excluding hydrogens is 627 g/mol. The topological polar surface area (TPSA) is 94.7 Å². The number of benzene rings is 4. The SMILES string of the molecule is Cc1ccc(S(=O)(=O)N[C@@H](c2ccccc2)[C@@H](NCCCCc2cccc(C)c2)c2ccccc2)cc1.[Cl-].[NH4+].[Ru]. The minimum absolute atomic E-state index is 0. The molecule has 8 heteroatoms. The van der Waals surface area contributed by atoms with Crippen LogP contribution in [0.15, 0.2) is 114 Å². The molecule has 0 radical (unpaired) electrons. The Hall–Kier alpha value is -2.38. The number of nitrogens with one attached hydrogen (secondary N) is 2. The Kier molecular flexibility index (Phi) is 15.5. The first-order valence-corrected chi connectivity index (χ1v) is 14.4. The third kappa shape index (κ3) is 10.2. The fourth-order valence-electron chi connectivity index (χ4n) is 4.61. The Morgan fingerprint density at radius 1 is 0.675 bits per heavy atom. The van der Waals surface area contributed by atoms with Crippen molar-refractivity contribution in [3.8, 4) is 0 Å². The van der Waals surface area contributed by atoms with Crippen LogP contribution in [-0.2, 0) is 35.9 Å². The molecular formula is C32H40ClN3O2RuS. The van der Waals surface area contributed by atoms with Crippen molar-refractivity contribution in [2.45, 2.75) is 50.1 Å². The van der Waals surface area contributed by atoms with Crippen LogP contribution in [0.4, 0.5) is 0 Å². The minimum Gasteiger partial charge on any atom is -1.00 e. The standard InChI is InChI=1S/C32H36N2O2S.ClH.H3N.Ru/c1-25-19-21-30(22-20-25)37(35,36)34-32(29-17-7-4-8-18-29)31(28-15-5-3-6-16-28)33-23-10-9-13-27-14-11-12-26(2)24-27;;;/h3-8,11-12,14-22,24,31-34H,9-10,13,23H2,1-2H3;1H;1H3;/t31-,32-;;;/m0.../s1. The molecule has 0 aliphatic carbocycles. The van der Waals surface area contributed by atoms with Gasteiger partial charge in [-0.2, -0.15) is 0 Å². The maximum Gasteiger partial charge on any atom is 0.241 e. The first-order valence-electron chi connectivity index (χ1n) is 12.9. The predicted octanol–water partition coefficient (Wildman–Crippen LogP) is 4.05. The van der Waals surface area contributed by atoms with Crippen molar-refractivity contribution in [1.29, 1.82) is 0 Å². The van der Waals surface area contributed by atoms with Crippen LogP contribution in [0, 0.1) is 13.8 Å². The molecule has 0 aliphatic heterocycles. The van der Waals surface area contributed by atoms with Gasteiger partial charge in [0.1, 0.15) is 0 Å². The first-order chi connectivity index (χ1) is 17.9. The van der Waals surface area contributed by atoms with Crippen molar-refractivity contribution in [1.82, 2.24) is 16.2 Å². The molecule has 0 fully saturated rings. The van der Waals surface area contributed by atoms with E-state index in [2.05, 4.69) is 53.4 Å². The third-order valence-electron chi connectivity index (χ3n) is 6.60. The average Bonchev–Trinajstić information content (AvgIpc) is 2.91. The van der Waals surface area contributed by atoms with Gasteiger partial charge in [-0.1, -0.05) is 108 Å². The monoisotopic (exact) mass is 667 g/mol. The van der Waals surface area contributed by atoms with Gasteiger partial charge in [0.25, 0.3) is 0 Å². The zero-order valence-electron chi connectivity index (χ0n) is 23.3. The number of halogens is 1. The molecule has 0 heterocycles. The van der Waals surface area contributed by atoms with Gasteiger partial charge in [0.05, 0.1) is 17.0 Å². The van der Waals surface area contributed by atoms with Crippen LogP contribution in [0.2, 0.25) is 0 Å². The molecule has 4 rings (SSSR count). The van der Waals surface area contributed by atoms with Crippen LogP contribution in [0.3, 0.4) is 0 Å². The van der Waals surface area contributed by atoms with Crippen LogP contribution >= 0.6 is 0 Å². The number of unbranched alkanes of at least 4 members (excludes halogenated alkanes) is 1. The van der Waals surface area contributed by atoms with Crippen molar-refractivity contribution in [3.63, 3.8) is 0 Å². The summed E-state index contributed by atoms with van der Waals surface area (Å²) < 4.78 is 30.0. The van der Waals surface area contributed by atoms with Crippen molar-refractivity contribution >= 4 is 10.0 Å². The van der Waals surface area contributed by atoms with Gasteiger partial charge in [0, 0.05) is 19.5 Å². The van der Waals surface area contributed by atoms with Gasteiger partial charge in [0.2, 0.25) is 10.0 Å². The number of hydrogen-bond donors (Lipinski definition) is 3. The molecule has 0 saturated heterocycles. The largest absolute Gasteiger partial charge is 1.00 e. The predicted molar refractivity (Wildman–Crippen MR) is 158 cm³/mol. The Balaban J connectivity index is 0.00000267. The van der Waals surface area contributed by atoms with E-state index >= 15 is 0 Å². The van der Waals surface area contributed by atoms with E-state index in [0.717, 1.165) is 42.5 Å². The molecule has 40 heavy (non-hydrogen) atoms. The van der Waals surface area contributed by atoms with Gasteiger partial charge in [-0.25, -0.2) is 13.1 Å². The van der Waals surface area contributed by atoms with E-state index in [4.69, 9.17) is 0 Å². The summed E-state index contributed by atoms with van der Waals surface area (Å²) >= 11 is 0. The Labute approximate surface area is 259 Å². The van der Waals surface area contributed by atoms with E-state index in [1.165, 1.54) is 11.1 Å². The van der Waals surface area contributed by atoms with Gasteiger partial charge in [-0.05, 0) is 68.5 Å². The van der Waals surface area contributed by atoms with E-state index in [-0.39, 0.29) is 49.0 Å². The number of quaternary nitrogens is 1. The maximum atomic E-state index is 13.5. The van der Waals surface area contributed by atoms with Crippen LogP contribution < -0.4 is 28.6 Å². The summed E-state index contributed by atoms with van der Waals surface area (Å²) in [5, 5.41) is 3.69. The fraction of sp³-hybridized carbons (Fsp3) is 0.250. The average molecular weight is 667 g/mol. The molecule has 0 aromatic heterocycles. The van der Waals surface area contributed by atoms with E-state index in [1.54, 1.807) is 12.1 Å². The van der Waals surface area contributed by atoms with Gasteiger partial charge in [-0.15, -0.1) is 0 Å². The van der Waals surface area contributed by atoms with Crippen molar-refractivity contribution in [3.05, 3.63) is 137 Å². The quantitative estimate of drug-likeness (QED) is 0.157. The zero-order chi connectivity index (χ0) is 26.1. The molecule has 216 valence electrons. The minimum atomic E-state index is -3.74. The van der Waals surface area contributed by atoms with Gasteiger partial charge >= 0.3 is 0 Å². The smallest absolute Gasteiger partial charge is 0.241 e. The molecule has 0 aliphatic rings. The van der Waals surface area contributed by atoms with Crippen molar-refractivity contribution < 1.29 is 40.3 Å². The molecule has 2 atom stereocenters. The first kappa shape index (κ1) is 35.6. The number of hydrogen-bond acceptors (Lipinski definition) is 3. The third-order valence-corrected chi connectivity index (χ3v) is 8.06. The summed E-state index contributed by atoms with van der Waals surface area (Å²) in [4.78, 5) is 0.268. The van der Waals surface area contributed by atoms with E-state index in [1.807, 2.05) is 67.6 Å². The fourth-order valence-corrected chi connectivity index (χ4v) is 5.85. The second-order valence-corrected chi connectivity index (χ2v) is 11.3. The summed E-state index contributed by atoms with van der Waals surface area (Å²) in [5.74, 6) is 0.